The summed E-state index contributed by atoms with van der Waals surface area (Å²) >= 11 is 0. The van der Waals surface area contributed by atoms with Crippen molar-refractivity contribution in [3.8, 4) is 24.2 Å². The number of benzene rings is 2. The number of aromatic nitrogens is 2. The molecule has 0 aliphatic carbocycles. The van der Waals surface area contributed by atoms with Gasteiger partial charge in [-0.15, -0.1) is 6.42 Å². The summed E-state index contributed by atoms with van der Waals surface area (Å²) in [5, 5.41) is 12.7. The largest absolute Gasteiger partial charge is 0.481 e. The normalized spacial score (nSPS) is 15.7. The average Bonchev–Trinajstić information content (AvgIpc) is 3.03. The molecule has 0 spiro atoms. The highest BCUT2D eigenvalue weighted by Gasteiger charge is 2.30. The first-order valence-electron chi connectivity index (χ1n) is 8.03. The molecule has 0 saturated carbocycles. The van der Waals surface area contributed by atoms with Gasteiger partial charge in [-0.1, -0.05) is 30.2 Å². The van der Waals surface area contributed by atoms with Crippen LogP contribution in [0.3, 0.4) is 0 Å². The van der Waals surface area contributed by atoms with E-state index in [0.717, 1.165) is 16.6 Å². The highest BCUT2D eigenvalue weighted by atomic mass is 16.5. The predicted octanol–water partition coefficient (Wildman–Crippen LogP) is 2.76. The molecular formula is C20H15N5O. The monoisotopic (exact) mass is 341 g/mol. The highest BCUT2D eigenvalue weighted by Crippen LogP contribution is 2.38. The third-order valence-corrected chi connectivity index (χ3v) is 4.30. The smallest absolute Gasteiger partial charge is 0.210 e. The molecule has 0 fully saturated rings. The van der Waals surface area contributed by atoms with E-state index in [-0.39, 0.29) is 12.6 Å². The molecule has 2 aromatic carbocycles. The molecule has 126 valence electrons. The van der Waals surface area contributed by atoms with Crippen molar-refractivity contribution in [2.75, 3.05) is 11.9 Å². The molecule has 1 aliphatic rings. The van der Waals surface area contributed by atoms with E-state index in [1.807, 2.05) is 53.1 Å². The molecule has 3 aromatic rings. The molecular weight excluding hydrogens is 326 g/mol. The minimum absolute atomic E-state index is 0.208. The first-order valence-corrected chi connectivity index (χ1v) is 8.03. The fourth-order valence-electron chi connectivity index (χ4n) is 3.17. The number of nitriles is 1. The van der Waals surface area contributed by atoms with Crippen LogP contribution < -0.4 is 15.8 Å². The Kier molecular flexibility index (Phi) is 3.72. The van der Waals surface area contributed by atoms with E-state index in [1.165, 1.54) is 0 Å². The van der Waals surface area contributed by atoms with Crippen LogP contribution in [0.2, 0.25) is 0 Å². The van der Waals surface area contributed by atoms with Crippen LogP contribution in [0.15, 0.2) is 59.9 Å². The van der Waals surface area contributed by atoms with Gasteiger partial charge in [0.25, 0.3) is 0 Å². The molecule has 2 heterocycles. The lowest BCUT2D eigenvalue weighted by molar-refractivity contribution is 0.370. The second kappa shape index (κ2) is 6.19. The molecule has 6 heteroatoms. The summed E-state index contributed by atoms with van der Waals surface area (Å²) in [7, 11) is 0. The number of rotatable bonds is 3. The molecule has 1 unspecified atom stereocenters. The Balaban J connectivity index is 1.86. The number of fused-ring (bicyclic) bond motifs is 3. The number of terminal acetylenes is 1. The number of hydrogen-bond donors (Lipinski definition) is 2. The van der Waals surface area contributed by atoms with Crippen molar-refractivity contribution >= 4 is 17.0 Å². The van der Waals surface area contributed by atoms with Gasteiger partial charge >= 0.3 is 0 Å². The van der Waals surface area contributed by atoms with E-state index < -0.39 is 0 Å². The van der Waals surface area contributed by atoms with Gasteiger partial charge in [-0.2, -0.15) is 5.26 Å². The Morgan fingerprint density at radius 2 is 2.00 bits per heavy atom. The van der Waals surface area contributed by atoms with Crippen molar-refractivity contribution in [3.63, 3.8) is 0 Å². The summed E-state index contributed by atoms with van der Waals surface area (Å²) < 4.78 is 7.41. The molecule has 0 saturated heterocycles. The van der Waals surface area contributed by atoms with Gasteiger partial charge in [-0.3, -0.25) is 4.57 Å². The van der Waals surface area contributed by atoms with E-state index in [9.17, 15) is 5.26 Å². The number of nitrogens with two attached hydrogens (primary N) is 1. The van der Waals surface area contributed by atoms with E-state index in [4.69, 9.17) is 16.9 Å². The fourth-order valence-corrected chi connectivity index (χ4v) is 3.17. The summed E-state index contributed by atoms with van der Waals surface area (Å²) in [6.45, 7) is 0.208. The first-order chi connectivity index (χ1) is 12.7. The summed E-state index contributed by atoms with van der Waals surface area (Å²) in [4.78, 5) is 4.59. The Bertz CT molecular complexity index is 1100. The van der Waals surface area contributed by atoms with Gasteiger partial charge in [-0.25, -0.2) is 4.98 Å². The fraction of sp³-hybridized carbons (Fsp3) is 0.100. The Morgan fingerprint density at radius 1 is 1.23 bits per heavy atom. The lowest BCUT2D eigenvalue weighted by atomic mass is 9.97. The zero-order valence-corrected chi connectivity index (χ0v) is 13.8. The molecule has 4 rings (SSSR count). The van der Waals surface area contributed by atoms with Crippen molar-refractivity contribution in [3.05, 3.63) is 65.5 Å². The average molecular weight is 341 g/mol. The van der Waals surface area contributed by atoms with Gasteiger partial charge in [0.15, 0.2) is 0 Å². The first kappa shape index (κ1) is 15.6. The van der Waals surface area contributed by atoms with E-state index in [2.05, 4.69) is 22.3 Å². The number of nitrogens with zero attached hydrogens (tertiary/aromatic N) is 3. The minimum atomic E-state index is -0.370. The number of para-hydroxylation sites is 2. The van der Waals surface area contributed by atoms with Crippen LogP contribution in [-0.4, -0.2) is 16.2 Å². The summed E-state index contributed by atoms with van der Waals surface area (Å²) in [5.41, 5.74) is 9.20. The van der Waals surface area contributed by atoms with Gasteiger partial charge < -0.3 is 15.8 Å². The van der Waals surface area contributed by atoms with E-state index in [1.54, 1.807) is 0 Å². The van der Waals surface area contributed by atoms with Crippen molar-refractivity contribution < 1.29 is 4.74 Å². The van der Waals surface area contributed by atoms with Crippen LogP contribution in [0.4, 0.5) is 5.95 Å². The molecule has 6 nitrogen and oxygen atoms in total. The predicted molar refractivity (Wildman–Crippen MR) is 99.1 cm³/mol. The van der Waals surface area contributed by atoms with Crippen molar-refractivity contribution in [2.24, 2.45) is 5.73 Å². The second-order valence-electron chi connectivity index (χ2n) is 5.82. The van der Waals surface area contributed by atoms with Crippen LogP contribution in [0.25, 0.3) is 11.0 Å². The lowest BCUT2D eigenvalue weighted by Crippen LogP contribution is -2.27. The summed E-state index contributed by atoms with van der Waals surface area (Å²) in [6.07, 6.45) is 5.22. The third-order valence-electron chi connectivity index (χ3n) is 4.30. The van der Waals surface area contributed by atoms with Crippen molar-refractivity contribution in [2.45, 2.75) is 6.04 Å². The molecule has 1 atom stereocenters. The highest BCUT2D eigenvalue weighted by molar-refractivity contribution is 5.80. The summed E-state index contributed by atoms with van der Waals surface area (Å²) in [6, 6.07) is 17.1. The molecule has 0 bridgehead atoms. The van der Waals surface area contributed by atoms with Crippen LogP contribution in [0.5, 0.6) is 5.75 Å². The van der Waals surface area contributed by atoms with Crippen LogP contribution in [0, 0.1) is 23.7 Å². The quantitative estimate of drug-likeness (QED) is 0.715. The molecule has 1 aromatic heterocycles. The van der Waals surface area contributed by atoms with Gasteiger partial charge in [0.1, 0.15) is 30.3 Å². The van der Waals surface area contributed by atoms with Crippen LogP contribution in [0.1, 0.15) is 11.6 Å². The van der Waals surface area contributed by atoms with Gasteiger partial charge in [0.05, 0.1) is 16.6 Å². The van der Waals surface area contributed by atoms with E-state index >= 15 is 0 Å². The number of hydrogen-bond acceptors (Lipinski definition) is 5. The molecule has 0 radical (unpaired) electrons. The zero-order chi connectivity index (χ0) is 18.1. The van der Waals surface area contributed by atoms with Crippen LogP contribution in [-0.2, 0) is 0 Å². The second-order valence-corrected chi connectivity index (χ2v) is 5.82. The van der Waals surface area contributed by atoms with Crippen LogP contribution >= 0.6 is 0 Å². The topological polar surface area (TPSA) is 88.9 Å². The van der Waals surface area contributed by atoms with Crippen molar-refractivity contribution in [1.82, 2.24) is 9.55 Å². The summed E-state index contributed by atoms with van der Waals surface area (Å²) in [5.74, 6) is 4.03. The lowest BCUT2D eigenvalue weighted by Gasteiger charge is -2.27. The molecule has 0 amide bonds. The van der Waals surface area contributed by atoms with Crippen molar-refractivity contribution in [1.29, 1.82) is 5.26 Å². The maximum absolute atomic E-state index is 9.69. The molecule has 1 aliphatic heterocycles. The number of ether oxygens (including phenoxy) is 1. The zero-order valence-electron chi connectivity index (χ0n) is 13.8. The Hall–Kier alpha value is -3.90. The number of allylic oxidation sites excluding steroid dienone is 1. The molecule has 3 N–H and O–H groups in total. The SMILES string of the molecule is C#CCOc1ccc(C2C(C#N)=C(N)Nc3nc4ccccc4n32)cc1. The maximum atomic E-state index is 9.69. The van der Waals surface area contributed by atoms with Gasteiger partial charge in [0, 0.05) is 0 Å². The Morgan fingerprint density at radius 3 is 2.73 bits per heavy atom. The van der Waals surface area contributed by atoms with E-state index in [0.29, 0.717) is 23.1 Å². The molecule has 26 heavy (non-hydrogen) atoms. The Labute approximate surface area is 150 Å². The maximum Gasteiger partial charge on any atom is 0.210 e. The number of imidazole rings is 1. The third kappa shape index (κ3) is 2.42. The standard InChI is InChI=1S/C20H15N5O/c1-2-11-26-14-9-7-13(8-10-14)18-15(12-21)19(22)24-20-23-16-5-3-4-6-17(16)25(18)20/h1,3-10,18H,11,22H2,(H,23,24). The number of nitrogens with one attached hydrogen (secondary N) is 1. The van der Waals surface area contributed by atoms with Gasteiger partial charge in [-0.05, 0) is 29.8 Å². The minimum Gasteiger partial charge on any atom is -0.481 e. The number of anilines is 1. The van der Waals surface area contributed by atoms with Gasteiger partial charge in [0.2, 0.25) is 5.95 Å².